The first-order valence-corrected chi connectivity index (χ1v) is 6.56. The molecule has 1 nitrogen and oxygen atoms in total. The monoisotopic (exact) mass is 255 g/mol. The zero-order valence-corrected chi connectivity index (χ0v) is 11.1. The van der Waals surface area contributed by atoms with Gasteiger partial charge in [-0.1, -0.05) is 25.4 Å². The smallest absolute Gasteiger partial charge is 0.143 e. The third-order valence-corrected chi connectivity index (χ3v) is 3.94. The van der Waals surface area contributed by atoms with Gasteiger partial charge >= 0.3 is 0 Å². The molecule has 0 heterocycles. The SMILES string of the molecule is CC1(C)CCC(Nc2ccc(Cl)c(F)c2)CC1. The van der Waals surface area contributed by atoms with Gasteiger partial charge in [0.15, 0.2) is 0 Å². The summed E-state index contributed by atoms with van der Waals surface area (Å²) in [4.78, 5) is 0. The van der Waals surface area contributed by atoms with Crippen molar-refractivity contribution in [2.45, 2.75) is 45.6 Å². The van der Waals surface area contributed by atoms with Crippen molar-refractivity contribution in [2.24, 2.45) is 5.41 Å². The molecular formula is C14H19ClFN. The summed E-state index contributed by atoms with van der Waals surface area (Å²) < 4.78 is 13.3. The zero-order chi connectivity index (χ0) is 12.5. The third kappa shape index (κ3) is 3.35. The maximum atomic E-state index is 13.3. The molecule has 2 rings (SSSR count). The van der Waals surface area contributed by atoms with Crippen molar-refractivity contribution in [1.82, 2.24) is 0 Å². The van der Waals surface area contributed by atoms with Crippen molar-refractivity contribution in [1.29, 1.82) is 0 Å². The van der Waals surface area contributed by atoms with Gasteiger partial charge in [-0.05, 0) is 49.3 Å². The van der Waals surface area contributed by atoms with Gasteiger partial charge in [-0.15, -0.1) is 0 Å². The zero-order valence-electron chi connectivity index (χ0n) is 10.4. The van der Waals surface area contributed by atoms with Crippen LogP contribution >= 0.6 is 11.6 Å². The normalized spacial score (nSPS) is 20.2. The maximum absolute atomic E-state index is 13.3. The Morgan fingerprint density at radius 2 is 1.94 bits per heavy atom. The molecule has 0 aliphatic heterocycles. The summed E-state index contributed by atoms with van der Waals surface area (Å²) in [6.45, 7) is 4.62. The number of benzene rings is 1. The average molecular weight is 256 g/mol. The molecule has 1 aliphatic carbocycles. The van der Waals surface area contributed by atoms with Crippen LogP contribution in [-0.4, -0.2) is 6.04 Å². The van der Waals surface area contributed by atoms with E-state index in [0.717, 1.165) is 18.5 Å². The first-order chi connectivity index (χ1) is 7.96. The second-order valence-electron chi connectivity index (χ2n) is 5.71. The highest BCUT2D eigenvalue weighted by atomic mass is 35.5. The van der Waals surface area contributed by atoms with E-state index in [1.165, 1.54) is 18.9 Å². The molecule has 0 aromatic heterocycles. The van der Waals surface area contributed by atoms with Crippen molar-refractivity contribution in [3.63, 3.8) is 0 Å². The molecule has 1 aromatic rings. The van der Waals surface area contributed by atoms with Crippen molar-refractivity contribution < 1.29 is 4.39 Å². The van der Waals surface area contributed by atoms with E-state index in [2.05, 4.69) is 19.2 Å². The number of hydrogen-bond donors (Lipinski definition) is 1. The summed E-state index contributed by atoms with van der Waals surface area (Å²) in [5.41, 5.74) is 1.29. The van der Waals surface area contributed by atoms with Crippen molar-refractivity contribution in [2.75, 3.05) is 5.32 Å². The molecule has 0 radical (unpaired) electrons. The number of nitrogens with one attached hydrogen (secondary N) is 1. The third-order valence-electron chi connectivity index (χ3n) is 3.63. The topological polar surface area (TPSA) is 12.0 Å². The van der Waals surface area contributed by atoms with E-state index in [1.807, 2.05) is 6.07 Å². The second kappa shape index (κ2) is 4.85. The van der Waals surface area contributed by atoms with Gasteiger partial charge in [-0.3, -0.25) is 0 Å². The molecule has 3 heteroatoms. The Kier molecular flexibility index (Phi) is 3.62. The molecule has 0 atom stereocenters. The molecule has 17 heavy (non-hydrogen) atoms. The molecule has 0 saturated heterocycles. The Morgan fingerprint density at radius 1 is 1.29 bits per heavy atom. The lowest BCUT2D eigenvalue weighted by Gasteiger charge is -2.35. The highest BCUT2D eigenvalue weighted by molar-refractivity contribution is 6.30. The van der Waals surface area contributed by atoms with Crippen LogP contribution in [-0.2, 0) is 0 Å². The van der Waals surface area contributed by atoms with Crippen LogP contribution in [0, 0.1) is 11.2 Å². The van der Waals surface area contributed by atoms with Crippen molar-refractivity contribution in [3.05, 3.63) is 29.0 Å². The highest BCUT2D eigenvalue weighted by Gasteiger charge is 2.26. The quantitative estimate of drug-likeness (QED) is 0.796. The van der Waals surface area contributed by atoms with Crippen molar-refractivity contribution in [3.8, 4) is 0 Å². The lowest BCUT2D eigenvalue weighted by atomic mass is 9.75. The van der Waals surface area contributed by atoms with Gasteiger partial charge in [0.05, 0.1) is 5.02 Å². The second-order valence-corrected chi connectivity index (χ2v) is 6.12. The Labute approximate surface area is 107 Å². The minimum absolute atomic E-state index is 0.181. The Bertz CT molecular complexity index is 393. The van der Waals surface area contributed by atoms with E-state index < -0.39 is 0 Å². The van der Waals surface area contributed by atoms with E-state index in [4.69, 9.17) is 11.6 Å². The van der Waals surface area contributed by atoms with Crippen molar-refractivity contribution >= 4 is 17.3 Å². The summed E-state index contributed by atoms with van der Waals surface area (Å²) in [7, 11) is 0. The number of anilines is 1. The van der Waals surface area contributed by atoms with Gasteiger partial charge in [-0.2, -0.15) is 0 Å². The van der Waals surface area contributed by atoms with Crippen LogP contribution in [0.4, 0.5) is 10.1 Å². The van der Waals surface area contributed by atoms with Gasteiger partial charge in [0.1, 0.15) is 5.82 Å². The molecular weight excluding hydrogens is 237 g/mol. The van der Waals surface area contributed by atoms with Crippen LogP contribution < -0.4 is 5.32 Å². The molecule has 1 saturated carbocycles. The van der Waals surface area contributed by atoms with Crippen LogP contribution in [0.15, 0.2) is 18.2 Å². The summed E-state index contributed by atoms with van der Waals surface area (Å²) in [6.07, 6.45) is 4.75. The fourth-order valence-corrected chi connectivity index (χ4v) is 2.48. The highest BCUT2D eigenvalue weighted by Crippen LogP contribution is 2.36. The molecule has 1 aliphatic rings. The summed E-state index contributed by atoms with van der Waals surface area (Å²) >= 11 is 5.66. The Morgan fingerprint density at radius 3 is 2.53 bits per heavy atom. The van der Waals surface area contributed by atoms with E-state index in [-0.39, 0.29) is 10.8 Å². The van der Waals surface area contributed by atoms with E-state index >= 15 is 0 Å². The van der Waals surface area contributed by atoms with Gasteiger partial charge in [0, 0.05) is 11.7 Å². The van der Waals surface area contributed by atoms with Gasteiger partial charge in [-0.25, -0.2) is 4.39 Å². The van der Waals surface area contributed by atoms with Crippen LogP contribution in [0.25, 0.3) is 0 Å². The van der Waals surface area contributed by atoms with E-state index in [0.29, 0.717) is 11.5 Å². The predicted octanol–water partition coefficient (Wildman–Crippen LogP) is 4.86. The molecule has 1 aromatic carbocycles. The Balaban J connectivity index is 1.95. The van der Waals surface area contributed by atoms with Crippen LogP contribution in [0.5, 0.6) is 0 Å². The maximum Gasteiger partial charge on any atom is 0.143 e. The molecule has 1 N–H and O–H groups in total. The molecule has 94 valence electrons. The molecule has 1 fully saturated rings. The van der Waals surface area contributed by atoms with Gasteiger partial charge < -0.3 is 5.32 Å². The molecule has 0 bridgehead atoms. The minimum atomic E-state index is -0.354. The van der Waals surface area contributed by atoms with E-state index in [1.54, 1.807) is 6.07 Å². The fourth-order valence-electron chi connectivity index (χ4n) is 2.37. The number of rotatable bonds is 2. The van der Waals surface area contributed by atoms with Crippen LogP contribution in [0.1, 0.15) is 39.5 Å². The largest absolute Gasteiger partial charge is 0.382 e. The van der Waals surface area contributed by atoms with Gasteiger partial charge in [0.2, 0.25) is 0 Å². The lowest BCUT2D eigenvalue weighted by Crippen LogP contribution is -2.29. The standard InChI is InChI=1S/C14H19ClFN/c1-14(2)7-5-10(6-8-14)17-11-3-4-12(15)13(16)9-11/h3-4,9-10,17H,5-8H2,1-2H3. The molecule has 0 unspecified atom stereocenters. The number of hydrogen-bond acceptors (Lipinski definition) is 1. The average Bonchev–Trinajstić information content (AvgIpc) is 2.27. The van der Waals surface area contributed by atoms with E-state index in [9.17, 15) is 4.39 Å². The Hall–Kier alpha value is -0.760. The first kappa shape index (κ1) is 12.7. The van der Waals surface area contributed by atoms with Crippen LogP contribution in [0.3, 0.4) is 0 Å². The minimum Gasteiger partial charge on any atom is -0.382 e. The fraction of sp³-hybridized carbons (Fsp3) is 0.571. The summed E-state index contributed by atoms with van der Waals surface area (Å²) in [5, 5.41) is 3.57. The summed E-state index contributed by atoms with van der Waals surface area (Å²) in [6, 6.07) is 5.38. The van der Waals surface area contributed by atoms with Gasteiger partial charge in [0.25, 0.3) is 0 Å². The number of halogens is 2. The first-order valence-electron chi connectivity index (χ1n) is 6.18. The lowest BCUT2D eigenvalue weighted by molar-refractivity contribution is 0.232. The molecule has 0 amide bonds. The summed E-state index contributed by atoms with van der Waals surface area (Å²) in [5.74, 6) is -0.354. The molecule has 0 spiro atoms. The van der Waals surface area contributed by atoms with Crippen LogP contribution in [0.2, 0.25) is 5.02 Å². The predicted molar refractivity (Wildman–Crippen MR) is 71.1 cm³/mol.